The van der Waals surface area contributed by atoms with E-state index in [2.05, 4.69) is 16.8 Å². The van der Waals surface area contributed by atoms with Crippen LogP contribution in [0.25, 0.3) is 0 Å². The molecule has 2 heterocycles. The molecule has 1 fully saturated rings. The first-order chi connectivity index (χ1) is 15.0. The lowest BCUT2D eigenvalue weighted by Gasteiger charge is -2.31. The number of fused-ring (bicyclic) bond motifs is 1. The van der Waals surface area contributed by atoms with Crippen LogP contribution in [0.5, 0.6) is 0 Å². The Balaban J connectivity index is 1.44. The number of rotatable bonds is 6. The van der Waals surface area contributed by atoms with Crippen LogP contribution in [0.1, 0.15) is 34.3 Å². The maximum Gasteiger partial charge on any atom is 0.251 e. The number of nitrogens with one attached hydrogen (secondary N) is 1. The van der Waals surface area contributed by atoms with E-state index in [0.717, 1.165) is 38.0 Å². The minimum atomic E-state index is -3.67. The number of nitrogens with zero attached hydrogens (tertiary/aromatic N) is 2. The van der Waals surface area contributed by atoms with Gasteiger partial charge in [0.1, 0.15) is 0 Å². The Labute approximate surface area is 184 Å². The normalized spacial score (nSPS) is 18.3. The molecule has 2 aliphatic heterocycles. The maximum atomic E-state index is 13.2. The predicted octanol–water partition coefficient (Wildman–Crippen LogP) is 2.81. The topological polar surface area (TPSA) is 69.7 Å². The molecule has 0 aliphatic carbocycles. The van der Waals surface area contributed by atoms with Crippen molar-refractivity contribution in [3.05, 3.63) is 77.9 Å². The van der Waals surface area contributed by atoms with E-state index in [1.165, 1.54) is 15.9 Å². The summed E-state index contributed by atoms with van der Waals surface area (Å²) in [7, 11) is -3.67. The van der Waals surface area contributed by atoms with Crippen molar-refractivity contribution in [3.8, 4) is 0 Å². The van der Waals surface area contributed by atoms with Crippen LogP contribution < -0.4 is 5.32 Å². The van der Waals surface area contributed by atoms with Gasteiger partial charge in [-0.05, 0) is 48.6 Å². The SMILES string of the molecule is C=CCN1CCC(NC(=O)c2cccc(S(=O)(=O)N3CCc4ccccc4C3)c2)CC1. The molecule has 1 saturated heterocycles. The summed E-state index contributed by atoms with van der Waals surface area (Å²) < 4.78 is 28.0. The van der Waals surface area contributed by atoms with Crippen LogP contribution in [-0.4, -0.2) is 55.8 Å². The Morgan fingerprint density at radius 1 is 1.06 bits per heavy atom. The second-order valence-corrected chi connectivity index (χ2v) is 10.2. The molecule has 2 aromatic rings. The fourth-order valence-electron chi connectivity index (χ4n) is 4.33. The molecule has 2 aliphatic rings. The third-order valence-electron chi connectivity index (χ3n) is 6.14. The lowest BCUT2D eigenvalue weighted by atomic mass is 10.0. The molecule has 1 N–H and O–H groups in total. The summed E-state index contributed by atoms with van der Waals surface area (Å²) in [4.78, 5) is 15.3. The molecule has 7 heteroatoms. The summed E-state index contributed by atoms with van der Waals surface area (Å²) in [5.41, 5.74) is 2.61. The van der Waals surface area contributed by atoms with Crippen molar-refractivity contribution in [1.29, 1.82) is 0 Å². The van der Waals surface area contributed by atoms with E-state index in [4.69, 9.17) is 0 Å². The van der Waals surface area contributed by atoms with E-state index in [1.807, 2.05) is 30.3 Å². The monoisotopic (exact) mass is 439 g/mol. The van der Waals surface area contributed by atoms with Crippen LogP contribution in [0.2, 0.25) is 0 Å². The van der Waals surface area contributed by atoms with E-state index in [-0.39, 0.29) is 16.8 Å². The Morgan fingerprint density at radius 3 is 2.55 bits per heavy atom. The molecule has 6 nitrogen and oxygen atoms in total. The second kappa shape index (κ2) is 9.34. The van der Waals surface area contributed by atoms with E-state index in [9.17, 15) is 13.2 Å². The molecule has 0 radical (unpaired) electrons. The average Bonchev–Trinajstić information content (AvgIpc) is 2.80. The zero-order chi connectivity index (χ0) is 21.8. The van der Waals surface area contributed by atoms with E-state index >= 15 is 0 Å². The van der Waals surface area contributed by atoms with Crippen LogP contribution in [0.4, 0.5) is 0 Å². The summed E-state index contributed by atoms with van der Waals surface area (Å²) in [5.74, 6) is -0.219. The quantitative estimate of drug-likeness (QED) is 0.703. The van der Waals surface area contributed by atoms with Crippen molar-refractivity contribution in [3.63, 3.8) is 0 Å². The highest BCUT2D eigenvalue weighted by atomic mass is 32.2. The van der Waals surface area contributed by atoms with Gasteiger partial charge in [0.15, 0.2) is 0 Å². The van der Waals surface area contributed by atoms with E-state index in [1.54, 1.807) is 18.2 Å². The molecule has 2 aromatic carbocycles. The van der Waals surface area contributed by atoms with Gasteiger partial charge in [0.05, 0.1) is 4.90 Å². The summed E-state index contributed by atoms with van der Waals surface area (Å²) in [5, 5.41) is 3.07. The summed E-state index contributed by atoms with van der Waals surface area (Å²) in [6.45, 7) is 7.27. The minimum absolute atomic E-state index is 0.104. The van der Waals surface area contributed by atoms with Gasteiger partial charge in [-0.1, -0.05) is 36.4 Å². The zero-order valence-corrected chi connectivity index (χ0v) is 18.5. The maximum absolute atomic E-state index is 13.2. The molecule has 31 heavy (non-hydrogen) atoms. The van der Waals surface area contributed by atoms with Crippen molar-refractivity contribution in [2.75, 3.05) is 26.2 Å². The molecular formula is C24H29N3O3S. The highest BCUT2D eigenvalue weighted by Gasteiger charge is 2.29. The first-order valence-corrected chi connectivity index (χ1v) is 12.2. The third-order valence-corrected chi connectivity index (χ3v) is 7.98. The number of piperidine rings is 1. The molecule has 0 atom stereocenters. The van der Waals surface area contributed by atoms with Gasteiger partial charge >= 0.3 is 0 Å². The molecule has 1 amide bonds. The van der Waals surface area contributed by atoms with Crippen LogP contribution in [0.3, 0.4) is 0 Å². The van der Waals surface area contributed by atoms with Crippen molar-refractivity contribution in [2.24, 2.45) is 0 Å². The summed E-state index contributed by atoms with van der Waals surface area (Å²) in [6.07, 6.45) is 4.35. The predicted molar refractivity (Wildman–Crippen MR) is 121 cm³/mol. The number of likely N-dealkylation sites (tertiary alicyclic amines) is 1. The van der Waals surface area contributed by atoms with Crippen molar-refractivity contribution in [1.82, 2.24) is 14.5 Å². The Bertz CT molecular complexity index is 1060. The van der Waals surface area contributed by atoms with Gasteiger partial charge in [-0.2, -0.15) is 4.31 Å². The molecule has 0 unspecified atom stereocenters. The van der Waals surface area contributed by atoms with Crippen molar-refractivity contribution >= 4 is 15.9 Å². The Kier molecular flexibility index (Phi) is 6.55. The van der Waals surface area contributed by atoms with Gasteiger partial charge in [0.25, 0.3) is 5.91 Å². The molecular weight excluding hydrogens is 410 g/mol. The minimum Gasteiger partial charge on any atom is -0.349 e. The molecule has 0 spiro atoms. The van der Waals surface area contributed by atoms with Gasteiger partial charge in [-0.15, -0.1) is 6.58 Å². The van der Waals surface area contributed by atoms with Gasteiger partial charge in [0.2, 0.25) is 10.0 Å². The highest BCUT2D eigenvalue weighted by Crippen LogP contribution is 2.25. The van der Waals surface area contributed by atoms with Gasteiger partial charge < -0.3 is 5.32 Å². The van der Waals surface area contributed by atoms with Gasteiger partial charge in [0, 0.05) is 44.3 Å². The van der Waals surface area contributed by atoms with Crippen LogP contribution >= 0.6 is 0 Å². The van der Waals surface area contributed by atoms with Gasteiger partial charge in [-0.3, -0.25) is 9.69 Å². The number of carbonyl (C=O) groups is 1. The number of benzene rings is 2. The Hall–Kier alpha value is -2.48. The molecule has 0 aromatic heterocycles. The third kappa shape index (κ3) is 4.89. The largest absolute Gasteiger partial charge is 0.349 e. The summed E-state index contributed by atoms with van der Waals surface area (Å²) >= 11 is 0. The first kappa shape index (κ1) is 21.7. The highest BCUT2D eigenvalue weighted by molar-refractivity contribution is 7.89. The van der Waals surface area contributed by atoms with Gasteiger partial charge in [-0.25, -0.2) is 8.42 Å². The first-order valence-electron chi connectivity index (χ1n) is 10.8. The standard InChI is InChI=1S/C24H29N3O3S/c1-2-13-26-14-11-22(12-15-26)25-24(28)20-8-5-9-23(17-20)31(29,30)27-16-10-19-6-3-4-7-21(19)18-27/h2-9,17,22H,1,10-16,18H2,(H,25,28). The lowest BCUT2D eigenvalue weighted by Crippen LogP contribution is -2.44. The lowest BCUT2D eigenvalue weighted by molar-refractivity contribution is 0.0914. The van der Waals surface area contributed by atoms with Crippen LogP contribution in [0.15, 0.2) is 66.1 Å². The van der Waals surface area contributed by atoms with Crippen molar-refractivity contribution < 1.29 is 13.2 Å². The van der Waals surface area contributed by atoms with Crippen LogP contribution in [0, 0.1) is 0 Å². The fraction of sp³-hybridized carbons (Fsp3) is 0.375. The van der Waals surface area contributed by atoms with E-state index < -0.39 is 10.0 Å². The Morgan fingerprint density at radius 2 is 1.81 bits per heavy atom. The number of amides is 1. The number of sulfonamides is 1. The van der Waals surface area contributed by atoms with Crippen LogP contribution in [-0.2, 0) is 23.0 Å². The summed E-state index contributed by atoms with van der Waals surface area (Å²) in [6, 6.07) is 14.4. The fourth-order valence-corrected chi connectivity index (χ4v) is 5.80. The molecule has 0 bridgehead atoms. The number of carbonyl (C=O) groups excluding carboxylic acids is 1. The zero-order valence-electron chi connectivity index (χ0n) is 17.7. The molecule has 0 saturated carbocycles. The molecule has 4 rings (SSSR count). The average molecular weight is 440 g/mol. The van der Waals surface area contributed by atoms with E-state index in [0.29, 0.717) is 25.1 Å². The molecule has 164 valence electrons. The number of hydrogen-bond donors (Lipinski definition) is 1. The van der Waals surface area contributed by atoms with Crippen molar-refractivity contribution in [2.45, 2.75) is 36.7 Å². The second-order valence-electron chi connectivity index (χ2n) is 8.22. The number of hydrogen-bond acceptors (Lipinski definition) is 4. The smallest absolute Gasteiger partial charge is 0.251 e.